The SMILES string of the molecule is CCC(CCl)(Cc1cc(F)ccc1Cl)c1ccccc1. The highest BCUT2D eigenvalue weighted by atomic mass is 35.5. The van der Waals surface area contributed by atoms with Crippen LogP contribution in [-0.2, 0) is 11.8 Å². The second kappa shape index (κ2) is 6.60. The van der Waals surface area contributed by atoms with Crippen molar-refractivity contribution in [1.82, 2.24) is 0 Å². The van der Waals surface area contributed by atoms with Crippen molar-refractivity contribution in [1.29, 1.82) is 0 Å². The number of hydrogen-bond donors (Lipinski definition) is 0. The van der Waals surface area contributed by atoms with E-state index in [9.17, 15) is 4.39 Å². The van der Waals surface area contributed by atoms with Crippen molar-refractivity contribution in [3.05, 3.63) is 70.5 Å². The molecule has 3 heteroatoms. The first kappa shape index (κ1) is 15.3. The summed E-state index contributed by atoms with van der Waals surface area (Å²) in [6, 6.07) is 14.6. The van der Waals surface area contributed by atoms with E-state index in [1.807, 2.05) is 18.2 Å². The molecule has 2 aromatic rings. The molecular formula is C17H17Cl2F. The fraction of sp³-hybridized carbons (Fsp3) is 0.294. The van der Waals surface area contributed by atoms with Gasteiger partial charge in [-0.2, -0.15) is 0 Å². The average Bonchev–Trinajstić information content (AvgIpc) is 2.49. The van der Waals surface area contributed by atoms with Gasteiger partial charge in [-0.1, -0.05) is 48.9 Å². The zero-order valence-electron chi connectivity index (χ0n) is 11.4. The van der Waals surface area contributed by atoms with E-state index in [2.05, 4.69) is 19.1 Å². The lowest BCUT2D eigenvalue weighted by Gasteiger charge is -2.32. The van der Waals surface area contributed by atoms with Crippen molar-refractivity contribution in [2.45, 2.75) is 25.2 Å². The second-order valence-corrected chi connectivity index (χ2v) is 5.72. The van der Waals surface area contributed by atoms with Gasteiger partial charge in [0.05, 0.1) is 0 Å². The van der Waals surface area contributed by atoms with Crippen LogP contribution in [0.5, 0.6) is 0 Å². The monoisotopic (exact) mass is 310 g/mol. The molecule has 0 spiro atoms. The van der Waals surface area contributed by atoms with Gasteiger partial charge in [0.1, 0.15) is 5.82 Å². The first-order valence-corrected chi connectivity index (χ1v) is 7.58. The number of hydrogen-bond acceptors (Lipinski definition) is 0. The number of halogens is 3. The van der Waals surface area contributed by atoms with E-state index < -0.39 is 0 Å². The largest absolute Gasteiger partial charge is 0.207 e. The molecule has 0 heterocycles. The predicted octanol–water partition coefficient (Wildman–Crippen LogP) is 5.61. The molecule has 1 atom stereocenters. The Morgan fingerprint density at radius 1 is 1.10 bits per heavy atom. The Morgan fingerprint density at radius 2 is 1.80 bits per heavy atom. The third kappa shape index (κ3) is 3.16. The van der Waals surface area contributed by atoms with Crippen LogP contribution in [0.25, 0.3) is 0 Å². The molecular weight excluding hydrogens is 294 g/mol. The van der Waals surface area contributed by atoms with Crippen molar-refractivity contribution < 1.29 is 4.39 Å². The Kier molecular flexibility index (Phi) is 5.06. The fourth-order valence-corrected chi connectivity index (χ4v) is 3.11. The summed E-state index contributed by atoms with van der Waals surface area (Å²) in [5, 5.41) is 0.588. The minimum Gasteiger partial charge on any atom is -0.207 e. The van der Waals surface area contributed by atoms with Crippen LogP contribution in [0.3, 0.4) is 0 Å². The molecule has 0 saturated carbocycles. The van der Waals surface area contributed by atoms with Crippen molar-refractivity contribution in [3.63, 3.8) is 0 Å². The summed E-state index contributed by atoms with van der Waals surface area (Å²) in [6.07, 6.45) is 1.50. The molecule has 0 saturated heterocycles. The van der Waals surface area contributed by atoms with Gasteiger partial charge in [0.15, 0.2) is 0 Å². The van der Waals surface area contributed by atoms with Crippen LogP contribution in [0.15, 0.2) is 48.5 Å². The predicted molar refractivity (Wildman–Crippen MR) is 84.2 cm³/mol. The average molecular weight is 311 g/mol. The molecule has 0 radical (unpaired) electrons. The summed E-state index contributed by atoms with van der Waals surface area (Å²) >= 11 is 12.5. The third-order valence-electron chi connectivity index (χ3n) is 3.86. The van der Waals surface area contributed by atoms with E-state index in [1.165, 1.54) is 12.1 Å². The van der Waals surface area contributed by atoms with Crippen molar-refractivity contribution >= 4 is 23.2 Å². The zero-order valence-corrected chi connectivity index (χ0v) is 12.9. The summed E-state index contributed by atoms with van der Waals surface area (Å²) in [5.41, 5.74) is 1.75. The molecule has 2 aromatic carbocycles. The molecule has 2 rings (SSSR count). The molecule has 0 N–H and O–H groups in total. The number of alkyl halides is 1. The highest BCUT2D eigenvalue weighted by Gasteiger charge is 2.30. The number of benzene rings is 2. The highest BCUT2D eigenvalue weighted by molar-refractivity contribution is 6.31. The van der Waals surface area contributed by atoms with Crippen LogP contribution in [-0.4, -0.2) is 5.88 Å². The zero-order chi connectivity index (χ0) is 14.6. The van der Waals surface area contributed by atoms with Crippen LogP contribution >= 0.6 is 23.2 Å². The Labute approximate surface area is 129 Å². The van der Waals surface area contributed by atoms with Gasteiger partial charge in [0.2, 0.25) is 0 Å². The maximum Gasteiger partial charge on any atom is 0.123 e. The van der Waals surface area contributed by atoms with E-state index >= 15 is 0 Å². The Balaban J connectivity index is 2.42. The van der Waals surface area contributed by atoms with Gasteiger partial charge in [-0.3, -0.25) is 0 Å². The van der Waals surface area contributed by atoms with E-state index in [1.54, 1.807) is 6.07 Å². The lowest BCUT2D eigenvalue weighted by Crippen LogP contribution is -2.30. The molecule has 1 unspecified atom stereocenters. The summed E-state index contributed by atoms with van der Waals surface area (Å²) in [5.74, 6) is 0.206. The minimum atomic E-state index is -0.267. The molecule has 0 bridgehead atoms. The Bertz CT molecular complexity index is 562. The minimum absolute atomic E-state index is 0.222. The van der Waals surface area contributed by atoms with Gasteiger partial charge < -0.3 is 0 Å². The maximum absolute atomic E-state index is 13.4. The van der Waals surface area contributed by atoms with Gasteiger partial charge >= 0.3 is 0 Å². The quantitative estimate of drug-likeness (QED) is 0.630. The van der Waals surface area contributed by atoms with Gasteiger partial charge in [0.25, 0.3) is 0 Å². The smallest absolute Gasteiger partial charge is 0.123 e. The van der Waals surface area contributed by atoms with E-state index in [-0.39, 0.29) is 11.2 Å². The van der Waals surface area contributed by atoms with Gasteiger partial charge in [-0.15, -0.1) is 11.6 Å². The summed E-state index contributed by atoms with van der Waals surface area (Å²) in [4.78, 5) is 0. The normalized spacial score (nSPS) is 14.0. The summed E-state index contributed by atoms with van der Waals surface area (Å²) < 4.78 is 13.4. The lowest BCUT2D eigenvalue weighted by molar-refractivity contribution is 0.457. The fourth-order valence-electron chi connectivity index (χ4n) is 2.49. The van der Waals surface area contributed by atoms with Gasteiger partial charge in [-0.25, -0.2) is 4.39 Å². The van der Waals surface area contributed by atoms with Crippen LogP contribution in [0.1, 0.15) is 24.5 Å². The van der Waals surface area contributed by atoms with E-state index in [0.717, 1.165) is 17.5 Å². The lowest BCUT2D eigenvalue weighted by atomic mass is 9.75. The van der Waals surface area contributed by atoms with Crippen LogP contribution in [0.2, 0.25) is 5.02 Å². The standard InChI is InChI=1S/C17H17Cl2F/c1-2-17(12-18,14-6-4-3-5-7-14)11-13-10-15(20)8-9-16(13)19/h3-10H,2,11-12H2,1H3. The third-order valence-corrected chi connectivity index (χ3v) is 4.74. The van der Waals surface area contributed by atoms with Crippen LogP contribution < -0.4 is 0 Å². The molecule has 0 amide bonds. The van der Waals surface area contributed by atoms with E-state index in [4.69, 9.17) is 23.2 Å². The topological polar surface area (TPSA) is 0 Å². The maximum atomic E-state index is 13.4. The Hall–Kier alpha value is -1.05. The highest BCUT2D eigenvalue weighted by Crippen LogP contribution is 2.35. The van der Waals surface area contributed by atoms with Crippen molar-refractivity contribution in [2.75, 3.05) is 5.88 Å². The molecule has 0 aliphatic carbocycles. The summed E-state index contributed by atoms with van der Waals surface area (Å²) in [6.45, 7) is 2.10. The molecule has 106 valence electrons. The molecule has 0 nitrogen and oxygen atoms in total. The number of rotatable bonds is 5. The molecule has 0 aromatic heterocycles. The van der Waals surface area contributed by atoms with Crippen molar-refractivity contribution in [2.24, 2.45) is 0 Å². The van der Waals surface area contributed by atoms with Crippen LogP contribution in [0.4, 0.5) is 4.39 Å². The van der Waals surface area contributed by atoms with Crippen molar-refractivity contribution in [3.8, 4) is 0 Å². The Morgan fingerprint density at radius 3 is 2.40 bits per heavy atom. The van der Waals surface area contributed by atoms with E-state index in [0.29, 0.717) is 17.3 Å². The second-order valence-electron chi connectivity index (χ2n) is 5.05. The van der Waals surface area contributed by atoms with Gasteiger partial charge in [0, 0.05) is 16.3 Å². The molecule has 0 fully saturated rings. The summed E-state index contributed by atoms with van der Waals surface area (Å²) in [7, 11) is 0. The van der Waals surface area contributed by atoms with Crippen LogP contribution in [0, 0.1) is 5.82 Å². The molecule has 0 aliphatic heterocycles. The van der Waals surface area contributed by atoms with Gasteiger partial charge in [-0.05, 0) is 42.2 Å². The molecule has 20 heavy (non-hydrogen) atoms. The molecule has 0 aliphatic rings. The first-order chi connectivity index (χ1) is 9.61. The first-order valence-electron chi connectivity index (χ1n) is 6.67.